The Morgan fingerprint density at radius 1 is 1.29 bits per heavy atom. The second-order valence-electron chi connectivity index (χ2n) is 11.3. The van der Waals surface area contributed by atoms with Crippen molar-refractivity contribution in [2.75, 3.05) is 30.9 Å². The number of hydrogen-bond acceptors (Lipinski definition) is 4. The van der Waals surface area contributed by atoms with Gasteiger partial charge in [0.15, 0.2) is 12.5 Å². The SMILES string of the molecule is C/C(=C\C[NH+]1CN(C)c2ncnc(N)c21)CC[C@]1(C)C2=CCCC(C)(C)[C@@H]2CC[C@@H]1C. The Hall–Kier alpha value is -1.88. The summed E-state index contributed by atoms with van der Waals surface area (Å²) >= 11 is 0. The Balaban J connectivity index is 1.44. The molecule has 5 heteroatoms. The van der Waals surface area contributed by atoms with Crippen LogP contribution in [0.25, 0.3) is 0 Å². The molecule has 4 atom stereocenters. The lowest BCUT2D eigenvalue weighted by Crippen LogP contribution is -3.06. The van der Waals surface area contributed by atoms with Gasteiger partial charge in [-0.3, -0.25) is 4.90 Å². The van der Waals surface area contributed by atoms with Gasteiger partial charge in [0.2, 0.25) is 11.5 Å². The molecule has 0 aromatic carbocycles. The summed E-state index contributed by atoms with van der Waals surface area (Å²) < 4.78 is 0. The number of rotatable bonds is 5. The van der Waals surface area contributed by atoms with Crippen LogP contribution >= 0.6 is 0 Å². The first-order chi connectivity index (χ1) is 14.6. The van der Waals surface area contributed by atoms with Crippen molar-refractivity contribution in [2.45, 2.75) is 73.1 Å². The quantitative estimate of drug-likeness (QED) is 0.683. The summed E-state index contributed by atoms with van der Waals surface area (Å²) in [5, 5.41) is 0. The summed E-state index contributed by atoms with van der Waals surface area (Å²) in [6.07, 6.45) is 14.4. The van der Waals surface area contributed by atoms with Crippen LogP contribution < -0.4 is 15.5 Å². The highest BCUT2D eigenvalue weighted by Gasteiger charge is 2.47. The molecule has 170 valence electrons. The van der Waals surface area contributed by atoms with Gasteiger partial charge in [-0.1, -0.05) is 44.9 Å². The minimum Gasteiger partial charge on any atom is -0.379 e. The van der Waals surface area contributed by atoms with Crippen LogP contribution in [0.1, 0.15) is 73.1 Å². The molecule has 5 nitrogen and oxygen atoms in total. The third kappa shape index (κ3) is 4.02. The van der Waals surface area contributed by atoms with Crippen LogP contribution in [-0.4, -0.2) is 30.2 Å². The first-order valence-corrected chi connectivity index (χ1v) is 12.2. The van der Waals surface area contributed by atoms with E-state index in [1.807, 2.05) is 0 Å². The second-order valence-corrected chi connectivity index (χ2v) is 11.3. The molecule has 3 aliphatic rings. The van der Waals surface area contributed by atoms with Crippen LogP contribution in [0.2, 0.25) is 0 Å². The third-order valence-corrected chi connectivity index (χ3v) is 8.84. The van der Waals surface area contributed by atoms with Crippen LogP contribution in [0, 0.1) is 22.7 Å². The van der Waals surface area contributed by atoms with E-state index in [2.05, 4.69) is 68.7 Å². The van der Waals surface area contributed by atoms with E-state index >= 15 is 0 Å². The highest BCUT2D eigenvalue weighted by molar-refractivity contribution is 5.69. The molecule has 0 amide bonds. The molecule has 31 heavy (non-hydrogen) atoms. The maximum absolute atomic E-state index is 6.18. The molecule has 1 aromatic heterocycles. The predicted octanol–water partition coefficient (Wildman–Crippen LogP) is 4.51. The Morgan fingerprint density at radius 2 is 2.06 bits per heavy atom. The Labute approximate surface area is 188 Å². The predicted molar refractivity (Wildman–Crippen MR) is 129 cm³/mol. The number of nitrogen functional groups attached to an aromatic ring is 1. The number of anilines is 2. The lowest BCUT2D eigenvalue weighted by molar-refractivity contribution is -0.818. The molecule has 2 heterocycles. The van der Waals surface area contributed by atoms with E-state index < -0.39 is 0 Å². The zero-order valence-electron chi connectivity index (χ0n) is 20.5. The van der Waals surface area contributed by atoms with E-state index in [1.54, 1.807) is 11.9 Å². The fraction of sp³-hybridized carbons (Fsp3) is 0.692. The third-order valence-electron chi connectivity index (χ3n) is 8.84. The molecule has 4 rings (SSSR count). The second kappa shape index (κ2) is 8.23. The van der Waals surface area contributed by atoms with Crippen molar-refractivity contribution in [3.8, 4) is 0 Å². The van der Waals surface area contributed by atoms with Gasteiger partial charge in [0, 0.05) is 7.05 Å². The molecule has 1 aliphatic heterocycles. The molecule has 1 saturated carbocycles. The van der Waals surface area contributed by atoms with Crippen LogP contribution in [0.4, 0.5) is 17.3 Å². The van der Waals surface area contributed by atoms with Gasteiger partial charge in [0.1, 0.15) is 12.9 Å². The fourth-order valence-electron chi connectivity index (χ4n) is 6.41. The van der Waals surface area contributed by atoms with E-state index in [9.17, 15) is 0 Å². The first-order valence-electron chi connectivity index (χ1n) is 12.2. The number of nitrogens with two attached hydrogens (primary N) is 1. The molecule has 0 spiro atoms. The Morgan fingerprint density at radius 3 is 2.84 bits per heavy atom. The molecule has 0 radical (unpaired) electrons. The van der Waals surface area contributed by atoms with Crippen molar-refractivity contribution in [3.05, 3.63) is 29.6 Å². The Kier molecular flexibility index (Phi) is 5.93. The monoisotopic (exact) mass is 424 g/mol. The summed E-state index contributed by atoms with van der Waals surface area (Å²) in [6, 6.07) is 0. The van der Waals surface area contributed by atoms with Gasteiger partial charge < -0.3 is 10.6 Å². The van der Waals surface area contributed by atoms with E-state index in [0.29, 0.717) is 16.6 Å². The molecular formula is C26H42N5+. The zero-order chi connectivity index (χ0) is 22.4. The van der Waals surface area contributed by atoms with E-state index in [-0.39, 0.29) is 0 Å². The van der Waals surface area contributed by atoms with Gasteiger partial charge in [-0.2, -0.15) is 0 Å². The standard InChI is InChI=1S/C26H41N5/c1-18(12-15-31-17-30(6)24-22(31)23(27)28-16-29-24)11-14-26(5)19(2)9-10-20-21(26)8-7-13-25(20,3)4/h8,12,16,19-20H,7,9-11,13-15,17H2,1-6H3,(H2,27,28,29)/p+1/b18-12+/t19-,20+,26-/m0/s1. The van der Waals surface area contributed by atoms with Crippen molar-refractivity contribution in [1.82, 2.24) is 9.97 Å². The number of allylic oxidation sites excluding steroid dienone is 3. The van der Waals surface area contributed by atoms with Crippen LogP contribution in [0.15, 0.2) is 29.6 Å². The number of aromatic nitrogens is 2. The summed E-state index contributed by atoms with van der Waals surface area (Å²) in [4.78, 5) is 12.2. The largest absolute Gasteiger partial charge is 0.379 e. The number of fused-ring (bicyclic) bond motifs is 2. The average molecular weight is 425 g/mol. The fourth-order valence-corrected chi connectivity index (χ4v) is 6.41. The van der Waals surface area contributed by atoms with Gasteiger partial charge in [0.25, 0.3) is 0 Å². The van der Waals surface area contributed by atoms with Crippen LogP contribution in [-0.2, 0) is 0 Å². The minimum absolute atomic E-state index is 0.335. The molecule has 1 fully saturated rings. The van der Waals surface area contributed by atoms with Crippen molar-refractivity contribution < 1.29 is 4.90 Å². The molecule has 0 bridgehead atoms. The van der Waals surface area contributed by atoms with E-state index in [0.717, 1.165) is 36.6 Å². The van der Waals surface area contributed by atoms with Crippen molar-refractivity contribution in [2.24, 2.45) is 22.7 Å². The van der Waals surface area contributed by atoms with Gasteiger partial charge in [-0.05, 0) is 74.2 Å². The highest BCUT2D eigenvalue weighted by atomic mass is 15.4. The average Bonchev–Trinajstić information content (AvgIpc) is 3.05. The lowest BCUT2D eigenvalue weighted by Gasteiger charge is -2.53. The highest BCUT2D eigenvalue weighted by Crippen LogP contribution is 2.58. The summed E-state index contributed by atoms with van der Waals surface area (Å²) in [5.74, 6) is 3.11. The summed E-state index contributed by atoms with van der Waals surface area (Å²) in [5.41, 5.74) is 11.3. The molecule has 3 N–H and O–H groups in total. The molecule has 1 aromatic rings. The van der Waals surface area contributed by atoms with Gasteiger partial charge >= 0.3 is 0 Å². The summed E-state index contributed by atoms with van der Waals surface area (Å²) in [6.45, 7) is 14.2. The van der Waals surface area contributed by atoms with Gasteiger partial charge in [-0.25, -0.2) is 9.97 Å². The van der Waals surface area contributed by atoms with Crippen LogP contribution in [0.3, 0.4) is 0 Å². The Bertz CT molecular complexity index is 886. The van der Waals surface area contributed by atoms with Gasteiger partial charge in [-0.15, -0.1) is 0 Å². The van der Waals surface area contributed by atoms with Crippen molar-refractivity contribution in [1.29, 1.82) is 0 Å². The number of nitrogens with one attached hydrogen (secondary N) is 1. The topological polar surface area (TPSA) is 59.5 Å². The first kappa shape index (κ1) is 22.3. The number of quaternary nitrogens is 1. The smallest absolute Gasteiger partial charge is 0.218 e. The van der Waals surface area contributed by atoms with E-state index in [4.69, 9.17) is 5.73 Å². The molecular weight excluding hydrogens is 382 g/mol. The van der Waals surface area contributed by atoms with Crippen LogP contribution in [0.5, 0.6) is 0 Å². The lowest BCUT2D eigenvalue weighted by atomic mass is 9.52. The van der Waals surface area contributed by atoms with Crippen molar-refractivity contribution in [3.63, 3.8) is 0 Å². The molecule has 1 unspecified atom stereocenters. The van der Waals surface area contributed by atoms with Crippen molar-refractivity contribution >= 4 is 17.3 Å². The molecule has 0 saturated heterocycles. The maximum Gasteiger partial charge on any atom is 0.218 e. The maximum atomic E-state index is 6.18. The minimum atomic E-state index is 0.335. The zero-order valence-corrected chi connectivity index (χ0v) is 20.5. The van der Waals surface area contributed by atoms with E-state index in [1.165, 1.54) is 49.0 Å². The normalized spacial score (nSPS) is 32.5. The number of hydrogen-bond donors (Lipinski definition) is 2. The molecule has 2 aliphatic carbocycles. The van der Waals surface area contributed by atoms with Gasteiger partial charge in [0.05, 0.1) is 0 Å². The number of nitrogens with zero attached hydrogens (tertiary/aromatic N) is 3. The summed E-state index contributed by atoms with van der Waals surface area (Å²) in [7, 11) is 2.08.